The molecule has 0 bridgehead atoms. The molecule has 0 aromatic carbocycles. The van der Waals surface area contributed by atoms with Crippen molar-refractivity contribution in [2.75, 3.05) is 13.2 Å². The Morgan fingerprint density at radius 3 is 2.30 bits per heavy atom. The van der Waals surface area contributed by atoms with E-state index < -0.39 is 0 Å². The van der Waals surface area contributed by atoms with E-state index in [9.17, 15) is 4.79 Å². The second-order valence-electron chi connectivity index (χ2n) is 7.35. The zero-order valence-corrected chi connectivity index (χ0v) is 13.5. The van der Waals surface area contributed by atoms with Crippen molar-refractivity contribution in [1.29, 1.82) is 0 Å². The molecule has 0 aromatic rings. The maximum atomic E-state index is 12.0. The van der Waals surface area contributed by atoms with E-state index in [1.54, 1.807) is 6.08 Å². The summed E-state index contributed by atoms with van der Waals surface area (Å²) in [7, 11) is 0. The van der Waals surface area contributed by atoms with Crippen LogP contribution in [0.15, 0.2) is 12.7 Å². The SMILES string of the molecule is C=CC1CO1.O=C(OCC1CCC2OC2C1)C1CCC2OC2C1. The molecule has 0 N–H and O–H groups in total. The second kappa shape index (κ2) is 6.54. The number of carbonyl (C=O) groups excluding carboxylic acids is 1. The van der Waals surface area contributed by atoms with E-state index >= 15 is 0 Å². The first-order valence-electron chi connectivity index (χ1n) is 8.94. The molecule has 5 fully saturated rings. The van der Waals surface area contributed by atoms with Gasteiger partial charge in [-0.15, -0.1) is 6.58 Å². The third kappa shape index (κ3) is 4.14. The van der Waals surface area contributed by atoms with Crippen LogP contribution in [0.3, 0.4) is 0 Å². The van der Waals surface area contributed by atoms with Gasteiger partial charge in [0.05, 0.1) is 49.7 Å². The van der Waals surface area contributed by atoms with Crippen molar-refractivity contribution in [1.82, 2.24) is 0 Å². The molecule has 0 spiro atoms. The van der Waals surface area contributed by atoms with Crippen molar-refractivity contribution in [2.45, 2.75) is 69.0 Å². The summed E-state index contributed by atoms with van der Waals surface area (Å²) in [6, 6.07) is 0. The Bertz CT molecular complexity index is 460. The van der Waals surface area contributed by atoms with E-state index in [2.05, 4.69) is 6.58 Å². The number of rotatable bonds is 4. The highest BCUT2D eigenvalue weighted by Gasteiger charge is 2.47. The lowest BCUT2D eigenvalue weighted by Gasteiger charge is -2.21. The fourth-order valence-electron chi connectivity index (χ4n) is 3.77. The summed E-state index contributed by atoms with van der Waals surface area (Å²) in [5.74, 6) is 0.608. The Balaban J connectivity index is 0.000000233. The molecule has 3 saturated heterocycles. The third-order valence-corrected chi connectivity index (χ3v) is 5.53. The number of ether oxygens (including phenoxy) is 4. The molecule has 5 rings (SSSR count). The van der Waals surface area contributed by atoms with Gasteiger partial charge in [-0.2, -0.15) is 0 Å². The summed E-state index contributed by atoms with van der Waals surface area (Å²) in [6.45, 7) is 4.98. The average molecular weight is 322 g/mol. The largest absolute Gasteiger partial charge is 0.465 e. The quantitative estimate of drug-likeness (QED) is 0.451. The maximum absolute atomic E-state index is 12.0. The van der Waals surface area contributed by atoms with Gasteiger partial charge in [0.15, 0.2) is 0 Å². The Morgan fingerprint density at radius 1 is 1.04 bits per heavy atom. The van der Waals surface area contributed by atoms with Gasteiger partial charge >= 0.3 is 5.97 Å². The molecule has 5 nitrogen and oxygen atoms in total. The number of carbonyl (C=O) groups is 1. The summed E-state index contributed by atoms with van der Waals surface area (Å²) in [5.41, 5.74) is 0. The van der Waals surface area contributed by atoms with Gasteiger partial charge in [-0.1, -0.05) is 6.08 Å². The van der Waals surface area contributed by atoms with E-state index in [-0.39, 0.29) is 11.9 Å². The zero-order valence-electron chi connectivity index (χ0n) is 13.5. The predicted molar refractivity (Wildman–Crippen MR) is 82.9 cm³/mol. The van der Waals surface area contributed by atoms with Crippen LogP contribution in [0.5, 0.6) is 0 Å². The fraction of sp³-hybridized carbons (Fsp3) is 0.833. The molecule has 3 heterocycles. The first-order valence-corrected chi connectivity index (χ1v) is 8.94. The fourth-order valence-corrected chi connectivity index (χ4v) is 3.77. The Morgan fingerprint density at radius 2 is 1.74 bits per heavy atom. The van der Waals surface area contributed by atoms with Crippen molar-refractivity contribution in [3.63, 3.8) is 0 Å². The Labute approximate surface area is 137 Å². The van der Waals surface area contributed by atoms with Crippen LogP contribution in [0.1, 0.15) is 38.5 Å². The molecular formula is C18H26O5. The topological polar surface area (TPSA) is 63.9 Å². The Kier molecular flexibility index (Phi) is 4.43. The van der Waals surface area contributed by atoms with E-state index in [0.717, 1.165) is 45.1 Å². The smallest absolute Gasteiger partial charge is 0.309 e. The van der Waals surface area contributed by atoms with Crippen LogP contribution in [-0.4, -0.2) is 49.7 Å². The van der Waals surface area contributed by atoms with Gasteiger partial charge in [0, 0.05) is 0 Å². The summed E-state index contributed by atoms with van der Waals surface area (Å²) >= 11 is 0. The molecule has 7 atom stereocenters. The number of esters is 1. The number of epoxide rings is 3. The number of fused-ring (bicyclic) bond motifs is 2. The zero-order chi connectivity index (χ0) is 15.8. The van der Waals surface area contributed by atoms with Gasteiger partial charge in [-0.3, -0.25) is 4.79 Å². The van der Waals surface area contributed by atoms with Crippen molar-refractivity contribution in [3.05, 3.63) is 12.7 Å². The van der Waals surface area contributed by atoms with Crippen molar-refractivity contribution >= 4 is 5.97 Å². The lowest BCUT2D eigenvalue weighted by molar-refractivity contribution is -0.151. The molecule has 2 aliphatic carbocycles. The van der Waals surface area contributed by atoms with Gasteiger partial charge in [0.1, 0.15) is 0 Å². The minimum Gasteiger partial charge on any atom is -0.465 e. The standard InChI is InChI=1S/C14H20O4.C4H6O/c15-14(9-2-4-11-13(6-9)18-11)16-7-8-1-3-10-12(5-8)17-10;1-2-4-3-5-4/h8-13H,1-7H2;2,4H,1,3H2. The van der Waals surface area contributed by atoms with E-state index in [1.807, 2.05) is 0 Å². The van der Waals surface area contributed by atoms with Crippen LogP contribution in [-0.2, 0) is 23.7 Å². The molecule has 23 heavy (non-hydrogen) atoms. The molecule has 0 aromatic heterocycles. The lowest BCUT2D eigenvalue weighted by Crippen LogP contribution is -2.27. The monoisotopic (exact) mass is 322 g/mol. The van der Waals surface area contributed by atoms with Crippen LogP contribution in [0.4, 0.5) is 0 Å². The van der Waals surface area contributed by atoms with E-state index in [0.29, 0.717) is 43.0 Å². The first-order chi connectivity index (χ1) is 11.2. The van der Waals surface area contributed by atoms with Crippen LogP contribution in [0.25, 0.3) is 0 Å². The Hall–Kier alpha value is -0.910. The molecule has 3 aliphatic heterocycles. The minimum atomic E-state index is 0.00258. The van der Waals surface area contributed by atoms with Crippen molar-refractivity contribution < 1.29 is 23.7 Å². The molecule has 5 heteroatoms. The van der Waals surface area contributed by atoms with Gasteiger partial charge in [-0.25, -0.2) is 0 Å². The molecule has 5 aliphatic rings. The third-order valence-electron chi connectivity index (χ3n) is 5.53. The van der Waals surface area contributed by atoms with E-state index in [4.69, 9.17) is 18.9 Å². The second-order valence-corrected chi connectivity index (χ2v) is 7.35. The molecule has 0 radical (unpaired) electrons. The minimum absolute atomic E-state index is 0.00258. The molecule has 128 valence electrons. The number of hydrogen-bond acceptors (Lipinski definition) is 5. The number of hydrogen-bond donors (Lipinski definition) is 0. The van der Waals surface area contributed by atoms with Crippen molar-refractivity contribution in [3.8, 4) is 0 Å². The van der Waals surface area contributed by atoms with Gasteiger partial charge in [0.2, 0.25) is 0 Å². The first kappa shape index (κ1) is 15.6. The highest BCUT2D eigenvalue weighted by Crippen LogP contribution is 2.41. The average Bonchev–Trinajstić information content (AvgIpc) is 3.47. The van der Waals surface area contributed by atoms with Crippen LogP contribution >= 0.6 is 0 Å². The maximum Gasteiger partial charge on any atom is 0.309 e. The summed E-state index contributed by atoms with van der Waals surface area (Å²) in [4.78, 5) is 12.0. The lowest BCUT2D eigenvalue weighted by atomic mass is 9.89. The summed E-state index contributed by atoms with van der Waals surface area (Å²) in [6.07, 6.45) is 10.2. The van der Waals surface area contributed by atoms with Gasteiger partial charge < -0.3 is 18.9 Å². The van der Waals surface area contributed by atoms with Crippen molar-refractivity contribution in [2.24, 2.45) is 11.8 Å². The van der Waals surface area contributed by atoms with Gasteiger partial charge in [0.25, 0.3) is 0 Å². The summed E-state index contributed by atoms with van der Waals surface area (Å²) < 4.78 is 21.2. The van der Waals surface area contributed by atoms with Crippen LogP contribution in [0, 0.1) is 11.8 Å². The molecule has 7 unspecified atom stereocenters. The van der Waals surface area contributed by atoms with Gasteiger partial charge in [-0.05, 0) is 44.4 Å². The van der Waals surface area contributed by atoms with E-state index in [1.165, 1.54) is 0 Å². The van der Waals surface area contributed by atoms with Crippen LogP contribution in [0.2, 0.25) is 0 Å². The van der Waals surface area contributed by atoms with Crippen LogP contribution < -0.4 is 0 Å². The highest BCUT2D eigenvalue weighted by atomic mass is 16.6. The summed E-state index contributed by atoms with van der Waals surface area (Å²) in [5, 5.41) is 0. The molecular weight excluding hydrogens is 296 g/mol. The molecule has 0 amide bonds. The predicted octanol–water partition coefficient (Wildman–Crippen LogP) is 2.24. The highest BCUT2D eigenvalue weighted by molar-refractivity contribution is 5.72. The molecule has 2 saturated carbocycles. The normalized spacial score (nSPS) is 45.5.